The minimum Gasteiger partial charge on any atom is -0.497 e. The Hall–Kier alpha value is -4.06. The van der Waals surface area contributed by atoms with Crippen LogP contribution in [0.25, 0.3) is 6.08 Å². The van der Waals surface area contributed by atoms with Crippen molar-refractivity contribution >= 4 is 29.3 Å². The van der Waals surface area contributed by atoms with Gasteiger partial charge in [0.2, 0.25) is 5.91 Å². The summed E-state index contributed by atoms with van der Waals surface area (Å²) in [6, 6.07) is 19.7. The second-order valence-electron chi connectivity index (χ2n) is 6.80. The molecule has 0 fully saturated rings. The summed E-state index contributed by atoms with van der Waals surface area (Å²) in [5.74, 6) is 0.609. The van der Waals surface area contributed by atoms with Crippen LogP contribution in [0.3, 0.4) is 0 Å². The third-order valence-corrected chi connectivity index (χ3v) is 4.58. The van der Waals surface area contributed by atoms with Gasteiger partial charge in [-0.15, -0.1) is 0 Å². The number of carbonyl (C=O) groups is 2. The van der Waals surface area contributed by atoms with Crippen LogP contribution in [0.15, 0.2) is 72.8 Å². The van der Waals surface area contributed by atoms with Gasteiger partial charge in [-0.3, -0.25) is 9.59 Å². The first-order valence-corrected chi connectivity index (χ1v) is 9.68. The summed E-state index contributed by atoms with van der Waals surface area (Å²) in [6.07, 6.45) is 3.11. The molecule has 158 valence electrons. The maximum Gasteiger partial charge on any atom is 0.257 e. The first kappa shape index (κ1) is 21.6. The number of benzene rings is 3. The molecule has 0 bridgehead atoms. The van der Waals surface area contributed by atoms with Crippen LogP contribution in [0.5, 0.6) is 11.5 Å². The molecule has 0 heterocycles. The molecule has 0 unspecified atom stereocenters. The van der Waals surface area contributed by atoms with Gasteiger partial charge in [0.05, 0.1) is 31.2 Å². The fourth-order valence-corrected chi connectivity index (χ4v) is 2.96. The molecule has 3 aromatic carbocycles. The Morgan fingerprint density at radius 1 is 0.839 bits per heavy atom. The largest absolute Gasteiger partial charge is 0.497 e. The SMILES string of the molecule is COc1ccc(/C=C/C(=O)Nc2ccccc2C(=O)Nc2cc(C)ccc2OC)cc1. The number of amides is 2. The van der Waals surface area contributed by atoms with E-state index in [1.165, 1.54) is 6.08 Å². The molecule has 6 heteroatoms. The molecule has 0 saturated carbocycles. The summed E-state index contributed by atoms with van der Waals surface area (Å²) < 4.78 is 10.4. The Labute approximate surface area is 181 Å². The Morgan fingerprint density at radius 2 is 1.58 bits per heavy atom. The molecule has 0 atom stereocenters. The van der Waals surface area contributed by atoms with E-state index >= 15 is 0 Å². The van der Waals surface area contributed by atoms with Gasteiger partial charge in [0.15, 0.2) is 0 Å². The van der Waals surface area contributed by atoms with Gasteiger partial charge < -0.3 is 20.1 Å². The van der Waals surface area contributed by atoms with Crippen LogP contribution in [0.2, 0.25) is 0 Å². The van der Waals surface area contributed by atoms with E-state index in [4.69, 9.17) is 9.47 Å². The quantitative estimate of drug-likeness (QED) is 0.536. The normalized spacial score (nSPS) is 10.5. The van der Waals surface area contributed by atoms with Crippen LogP contribution in [0.1, 0.15) is 21.5 Å². The van der Waals surface area contributed by atoms with E-state index in [1.54, 1.807) is 50.6 Å². The van der Waals surface area contributed by atoms with Gasteiger partial charge in [-0.25, -0.2) is 0 Å². The number of anilines is 2. The van der Waals surface area contributed by atoms with E-state index in [0.29, 0.717) is 22.7 Å². The van der Waals surface area contributed by atoms with Crippen molar-refractivity contribution in [2.45, 2.75) is 6.92 Å². The zero-order chi connectivity index (χ0) is 22.2. The number of methoxy groups -OCH3 is 2. The van der Waals surface area contributed by atoms with Crippen molar-refractivity contribution < 1.29 is 19.1 Å². The highest BCUT2D eigenvalue weighted by atomic mass is 16.5. The highest BCUT2D eigenvalue weighted by molar-refractivity contribution is 6.12. The van der Waals surface area contributed by atoms with E-state index in [2.05, 4.69) is 10.6 Å². The third-order valence-electron chi connectivity index (χ3n) is 4.58. The van der Waals surface area contributed by atoms with Crippen molar-refractivity contribution in [3.05, 3.63) is 89.5 Å². The molecule has 3 aromatic rings. The molecule has 31 heavy (non-hydrogen) atoms. The fourth-order valence-electron chi connectivity index (χ4n) is 2.96. The van der Waals surface area contributed by atoms with Crippen molar-refractivity contribution in [1.82, 2.24) is 0 Å². The van der Waals surface area contributed by atoms with Crippen LogP contribution < -0.4 is 20.1 Å². The lowest BCUT2D eigenvalue weighted by atomic mass is 10.1. The lowest BCUT2D eigenvalue weighted by molar-refractivity contribution is -0.111. The lowest BCUT2D eigenvalue weighted by Crippen LogP contribution is -2.17. The van der Waals surface area contributed by atoms with Crippen molar-refractivity contribution in [3.8, 4) is 11.5 Å². The summed E-state index contributed by atoms with van der Waals surface area (Å²) in [5, 5.41) is 5.62. The van der Waals surface area contributed by atoms with Gasteiger partial charge in [0, 0.05) is 6.08 Å². The zero-order valence-electron chi connectivity index (χ0n) is 17.6. The number of rotatable bonds is 7. The highest BCUT2D eigenvalue weighted by Crippen LogP contribution is 2.27. The van der Waals surface area contributed by atoms with E-state index in [0.717, 1.165) is 16.9 Å². The summed E-state index contributed by atoms with van der Waals surface area (Å²) >= 11 is 0. The number of ether oxygens (including phenoxy) is 2. The van der Waals surface area contributed by atoms with Crippen LogP contribution in [-0.4, -0.2) is 26.0 Å². The summed E-state index contributed by atoms with van der Waals surface area (Å²) in [4.78, 5) is 25.3. The summed E-state index contributed by atoms with van der Waals surface area (Å²) in [5.41, 5.74) is 3.16. The topological polar surface area (TPSA) is 76.7 Å². The molecule has 0 aliphatic heterocycles. The smallest absolute Gasteiger partial charge is 0.257 e. The van der Waals surface area contributed by atoms with Gasteiger partial charge in [-0.1, -0.05) is 30.3 Å². The second-order valence-corrected chi connectivity index (χ2v) is 6.80. The molecule has 0 aromatic heterocycles. The maximum absolute atomic E-state index is 12.9. The molecule has 0 radical (unpaired) electrons. The monoisotopic (exact) mass is 416 g/mol. The average molecular weight is 416 g/mol. The van der Waals surface area contributed by atoms with Gasteiger partial charge in [-0.2, -0.15) is 0 Å². The van der Waals surface area contributed by atoms with E-state index in [1.807, 2.05) is 43.3 Å². The van der Waals surface area contributed by atoms with Crippen molar-refractivity contribution in [1.29, 1.82) is 0 Å². The van der Waals surface area contributed by atoms with Crippen molar-refractivity contribution in [2.24, 2.45) is 0 Å². The lowest BCUT2D eigenvalue weighted by Gasteiger charge is -2.13. The summed E-state index contributed by atoms with van der Waals surface area (Å²) in [7, 11) is 3.14. The van der Waals surface area contributed by atoms with Gasteiger partial charge >= 0.3 is 0 Å². The number of hydrogen-bond acceptors (Lipinski definition) is 4. The number of hydrogen-bond donors (Lipinski definition) is 2. The number of para-hydroxylation sites is 1. The molecular weight excluding hydrogens is 392 g/mol. The molecule has 0 aliphatic carbocycles. The first-order chi connectivity index (χ1) is 15.0. The second kappa shape index (κ2) is 10.1. The minimum atomic E-state index is -0.348. The van der Waals surface area contributed by atoms with Crippen LogP contribution in [0, 0.1) is 6.92 Å². The van der Waals surface area contributed by atoms with Crippen LogP contribution >= 0.6 is 0 Å². The van der Waals surface area contributed by atoms with E-state index in [-0.39, 0.29) is 11.8 Å². The number of nitrogens with one attached hydrogen (secondary N) is 2. The van der Waals surface area contributed by atoms with Crippen LogP contribution in [-0.2, 0) is 4.79 Å². The van der Waals surface area contributed by atoms with Crippen LogP contribution in [0.4, 0.5) is 11.4 Å². The minimum absolute atomic E-state index is 0.343. The maximum atomic E-state index is 12.9. The predicted octanol–water partition coefficient (Wildman–Crippen LogP) is 4.92. The number of carbonyl (C=O) groups excluding carboxylic acids is 2. The Morgan fingerprint density at radius 3 is 2.29 bits per heavy atom. The van der Waals surface area contributed by atoms with Gasteiger partial charge in [0.25, 0.3) is 5.91 Å². The molecule has 0 spiro atoms. The van der Waals surface area contributed by atoms with E-state index < -0.39 is 0 Å². The van der Waals surface area contributed by atoms with E-state index in [9.17, 15) is 9.59 Å². The van der Waals surface area contributed by atoms with Gasteiger partial charge in [-0.05, 0) is 60.5 Å². The molecule has 3 rings (SSSR count). The molecule has 2 amide bonds. The predicted molar refractivity (Wildman–Crippen MR) is 123 cm³/mol. The molecule has 0 saturated heterocycles. The summed E-state index contributed by atoms with van der Waals surface area (Å²) in [6.45, 7) is 1.93. The molecule has 0 aliphatic rings. The standard InChI is InChI=1S/C25H24N2O4/c1-17-8-14-23(31-3)22(16-17)27-25(29)20-6-4-5-7-21(20)26-24(28)15-11-18-9-12-19(30-2)13-10-18/h4-16H,1-3H3,(H,26,28)(H,27,29)/b15-11+. The fraction of sp³-hybridized carbons (Fsp3) is 0.120. The molecule has 2 N–H and O–H groups in total. The molecular formula is C25H24N2O4. The van der Waals surface area contributed by atoms with Crippen molar-refractivity contribution in [3.63, 3.8) is 0 Å². The third kappa shape index (κ3) is 5.73. The Balaban J connectivity index is 1.73. The average Bonchev–Trinajstić information content (AvgIpc) is 2.78. The van der Waals surface area contributed by atoms with Crippen molar-refractivity contribution in [2.75, 3.05) is 24.9 Å². The molecule has 6 nitrogen and oxygen atoms in total. The highest BCUT2D eigenvalue weighted by Gasteiger charge is 2.14. The van der Waals surface area contributed by atoms with Gasteiger partial charge in [0.1, 0.15) is 11.5 Å². The number of aryl methyl sites for hydroxylation is 1. The first-order valence-electron chi connectivity index (χ1n) is 9.68. The Kier molecular flexibility index (Phi) is 7.06. The zero-order valence-corrected chi connectivity index (χ0v) is 17.6. The Bertz CT molecular complexity index is 1100.